The molecule has 2 bridgehead atoms. The van der Waals surface area contributed by atoms with E-state index in [2.05, 4.69) is 6.58 Å². The maximum atomic E-state index is 14.3. The van der Waals surface area contributed by atoms with E-state index >= 15 is 0 Å². The Balaban J connectivity index is 1.72. The molecule has 0 aromatic rings. The van der Waals surface area contributed by atoms with Crippen molar-refractivity contribution in [3.05, 3.63) is 12.7 Å². The number of ether oxygens (including phenoxy) is 2. The summed E-state index contributed by atoms with van der Waals surface area (Å²) in [6.07, 6.45) is 9.31. The van der Waals surface area contributed by atoms with Crippen molar-refractivity contribution in [2.24, 2.45) is 11.8 Å². The number of aliphatic hydroxyl groups excluding tert-OH is 1. The van der Waals surface area contributed by atoms with E-state index in [0.717, 1.165) is 25.7 Å². The standard InChI is InChI=1S/C26H40N2O6/c1-4-15-27(18-11-7-6-8-12-18)23(31)21-26-14-13-25(3,34-26)20(24(32)33-5-2)19(26)22(30)28(21)16-9-10-17-29/h4,18-21,29H,1,5-17H2,2-3H3/t19-,20-,21?,25+,26?/m0/s1. The van der Waals surface area contributed by atoms with Gasteiger partial charge in [-0.1, -0.05) is 25.3 Å². The second kappa shape index (κ2) is 9.97. The Morgan fingerprint density at radius 1 is 1.26 bits per heavy atom. The minimum atomic E-state index is -1.02. The van der Waals surface area contributed by atoms with Gasteiger partial charge in [0.15, 0.2) is 0 Å². The van der Waals surface area contributed by atoms with Crippen LogP contribution in [0.4, 0.5) is 0 Å². The largest absolute Gasteiger partial charge is 0.466 e. The zero-order chi connectivity index (χ0) is 24.5. The van der Waals surface area contributed by atoms with Crippen LogP contribution in [0.25, 0.3) is 0 Å². The van der Waals surface area contributed by atoms with Gasteiger partial charge in [-0.3, -0.25) is 14.4 Å². The molecule has 2 amide bonds. The van der Waals surface area contributed by atoms with E-state index < -0.39 is 35.0 Å². The zero-order valence-corrected chi connectivity index (χ0v) is 20.7. The fourth-order valence-corrected chi connectivity index (χ4v) is 7.04. The summed E-state index contributed by atoms with van der Waals surface area (Å²) in [5.41, 5.74) is -1.83. The first-order valence-electron chi connectivity index (χ1n) is 13.0. The van der Waals surface area contributed by atoms with Crippen molar-refractivity contribution >= 4 is 17.8 Å². The van der Waals surface area contributed by atoms with E-state index in [1.165, 1.54) is 6.42 Å². The third-order valence-corrected chi connectivity index (χ3v) is 8.48. The highest BCUT2D eigenvalue weighted by Gasteiger charge is 2.78. The van der Waals surface area contributed by atoms with Crippen LogP contribution in [0, 0.1) is 11.8 Å². The maximum absolute atomic E-state index is 14.3. The highest BCUT2D eigenvalue weighted by atomic mass is 16.6. The number of hydrogen-bond donors (Lipinski definition) is 1. The number of amides is 2. The molecule has 1 N–H and O–H groups in total. The molecule has 3 saturated heterocycles. The SMILES string of the molecule is C=CCN(C(=O)C1N(CCCCO)C(=O)[C@@H]2[C@@H](C(=O)OCC)[C@@]3(C)CCC12O3)C1CCCCC1. The van der Waals surface area contributed by atoms with Gasteiger partial charge in [0.05, 0.1) is 18.1 Å². The molecule has 34 heavy (non-hydrogen) atoms. The molecule has 4 fully saturated rings. The van der Waals surface area contributed by atoms with Gasteiger partial charge in [0.1, 0.15) is 17.6 Å². The van der Waals surface area contributed by atoms with Gasteiger partial charge in [-0.05, 0) is 52.4 Å². The molecule has 3 aliphatic heterocycles. The first-order valence-corrected chi connectivity index (χ1v) is 13.0. The van der Waals surface area contributed by atoms with Crippen molar-refractivity contribution in [2.75, 3.05) is 26.3 Å². The Morgan fingerprint density at radius 3 is 2.65 bits per heavy atom. The number of carbonyl (C=O) groups is 3. The molecule has 0 radical (unpaired) electrons. The minimum Gasteiger partial charge on any atom is -0.466 e. The Morgan fingerprint density at radius 2 is 2.00 bits per heavy atom. The second-order valence-corrected chi connectivity index (χ2v) is 10.5. The molecule has 2 unspecified atom stereocenters. The van der Waals surface area contributed by atoms with E-state index in [1.54, 1.807) is 17.9 Å². The molecule has 4 rings (SSSR count). The van der Waals surface area contributed by atoms with Gasteiger partial charge in [0.2, 0.25) is 11.8 Å². The Labute approximate surface area is 202 Å². The van der Waals surface area contributed by atoms with E-state index in [4.69, 9.17) is 9.47 Å². The highest BCUT2D eigenvalue weighted by molar-refractivity contribution is 5.98. The molecule has 8 nitrogen and oxygen atoms in total. The van der Waals surface area contributed by atoms with Crippen LogP contribution >= 0.6 is 0 Å². The number of hydrogen-bond acceptors (Lipinski definition) is 6. The van der Waals surface area contributed by atoms with Crippen LogP contribution in [0.1, 0.15) is 71.6 Å². The van der Waals surface area contributed by atoms with Crippen molar-refractivity contribution < 1.29 is 29.0 Å². The van der Waals surface area contributed by atoms with Gasteiger partial charge < -0.3 is 24.4 Å². The number of unbranched alkanes of at least 4 members (excludes halogenated alkanes) is 1. The van der Waals surface area contributed by atoms with E-state index in [1.807, 2.05) is 11.8 Å². The van der Waals surface area contributed by atoms with Crippen molar-refractivity contribution in [1.29, 1.82) is 0 Å². The lowest BCUT2D eigenvalue weighted by Gasteiger charge is -2.40. The average Bonchev–Trinajstić information content (AvgIpc) is 3.39. The summed E-state index contributed by atoms with van der Waals surface area (Å²) in [7, 11) is 0. The van der Waals surface area contributed by atoms with Crippen LogP contribution in [0.5, 0.6) is 0 Å². The van der Waals surface area contributed by atoms with Gasteiger partial charge in [-0.2, -0.15) is 0 Å². The summed E-state index contributed by atoms with van der Waals surface area (Å²) in [5, 5.41) is 9.31. The molecule has 0 aromatic heterocycles. The molecule has 8 heteroatoms. The van der Waals surface area contributed by atoms with E-state index in [0.29, 0.717) is 38.8 Å². The molecule has 1 saturated carbocycles. The summed E-state index contributed by atoms with van der Waals surface area (Å²) in [5.74, 6) is -2.14. The molecule has 0 aromatic carbocycles. The zero-order valence-electron chi connectivity index (χ0n) is 20.7. The normalized spacial score (nSPS) is 34.9. The lowest BCUT2D eigenvalue weighted by Crippen LogP contribution is -2.58. The maximum Gasteiger partial charge on any atom is 0.312 e. The summed E-state index contributed by atoms with van der Waals surface area (Å²) in [6.45, 7) is 8.57. The minimum absolute atomic E-state index is 0.0277. The monoisotopic (exact) mass is 476 g/mol. The molecule has 4 aliphatic rings. The summed E-state index contributed by atoms with van der Waals surface area (Å²) < 4.78 is 12.0. The molecule has 3 heterocycles. The van der Waals surface area contributed by atoms with Gasteiger partial charge in [0, 0.05) is 25.7 Å². The van der Waals surface area contributed by atoms with Gasteiger partial charge in [-0.25, -0.2) is 0 Å². The number of rotatable bonds is 10. The Bertz CT molecular complexity index is 811. The van der Waals surface area contributed by atoms with E-state index in [-0.39, 0.29) is 31.1 Å². The number of carbonyl (C=O) groups excluding carboxylic acids is 3. The Kier molecular flexibility index (Phi) is 7.38. The van der Waals surface area contributed by atoms with Crippen molar-refractivity contribution in [2.45, 2.75) is 94.9 Å². The number of likely N-dealkylation sites (tertiary alicyclic amines) is 1. The van der Waals surface area contributed by atoms with Gasteiger partial charge in [0.25, 0.3) is 0 Å². The van der Waals surface area contributed by atoms with Crippen LogP contribution in [0.15, 0.2) is 12.7 Å². The van der Waals surface area contributed by atoms with Crippen LogP contribution in [-0.4, -0.2) is 82.3 Å². The molecule has 5 atom stereocenters. The number of nitrogens with zero attached hydrogens (tertiary/aromatic N) is 2. The average molecular weight is 477 g/mol. The van der Waals surface area contributed by atoms with Gasteiger partial charge >= 0.3 is 5.97 Å². The van der Waals surface area contributed by atoms with Crippen LogP contribution in [0.3, 0.4) is 0 Å². The van der Waals surface area contributed by atoms with E-state index in [9.17, 15) is 19.5 Å². The number of esters is 1. The summed E-state index contributed by atoms with van der Waals surface area (Å²) in [4.78, 5) is 44.8. The predicted molar refractivity (Wildman–Crippen MR) is 126 cm³/mol. The fourth-order valence-electron chi connectivity index (χ4n) is 7.04. The number of fused-ring (bicyclic) bond motifs is 1. The lowest BCUT2D eigenvalue weighted by molar-refractivity contribution is -0.160. The van der Waals surface area contributed by atoms with Crippen LogP contribution in [-0.2, 0) is 23.9 Å². The Hall–Kier alpha value is -1.93. The quantitative estimate of drug-likeness (QED) is 0.296. The van der Waals surface area contributed by atoms with Crippen molar-refractivity contribution in [1.82, 2.24) is 9.80 Å². The first kappa shape index (κ1) is 25.2. The highest BCUT2D eigenvalue weighted by Crippen LogP contribution is 2.63. The lowest BCUT2D eigenvalue weighted by atomic mass is 9.66. The van der Waals surface area contributed by atoms with Gasteiger partial charge in [-0.15, -0.1) is 6.58 Å². The third kappa shape index (κ3) is 3.96. The predicted octanol–water partition coefficient (Wildman–Crippen LogP) is 2.43. The summed E-state index contributed by atoms with van der Waals surface area (Å²) >= 11 is 0. The fraction of sp³-hybridized carbons (Fsp3) is 0.808. The molecule has 1 aliphatic carbocycles. The second-order valence-electron chi connectivity index (χ2n) is 10.5. The third-order valence-electron chi connectivity index (χ3n) is 8.48. The molecule has 190 valence electrons. The van der Waals surface area contributed by atoms with Crippen molar-refractivity contribution in [3.8, 4) is 0 Å². The van der Waals surface area contributed by atoms with Crippen molar-refractivity contribution in [3.63, 3.8) is 0 Å². The molecular formula is C26H40N2O6. The summed E-state index contributed by atoms with van der Waals surface area (Å²) in [6, 6.07) is -0.647. The van der Waals surface area contributed by atoms with Crippen LogP contribution in [0.2, 0.25) is 0 Å². The molecular weight excluding hydrogens is 436 g/mol. The number of aliphatic hydroxyl groups is 1. The topological polar surface area (TPSA) is 96.4 Å². The smallest absolute Gasteiger partial charge is 0.312 e. The van der Waals surface area contributed by atoms with Crippen LogP contribution < -0.4 is 0 Å². The first-order chi connectivity index (χ1) is 16.3. The molecule has 1 spiro atoms.